The molecule has 0 spiro atoms. The molecule has 0 amide bonds. The van der Waals surface area contributed by atoms with E-state index in [0.717, 1.165) is 22.4 Å². The number of hydrogen-bond donors (Lipinski definition) is 0. The standard InChI is InChI=1S/C23H18Cl2N2O/c24-20-9-6-19(22(25)14-20)15-28-23(17-4-2-1-3-5-17)18-7-10-21(11-8-18)27-13-12-26-16-27/h1-14,16,23H,15H2. The summed E-state index contributed by atoms with van der Waals surface area (Å²) in [5.41, 5.74) is 4.11. The van der Waals surface area contributed by atoms with Gasteiger partial charge in [-0.05, 0) is 41.0 Å². The highest BCUT2D eigenvalue weighted by molar-refractivity contribution is 6.35. The zero-order valence-electron chi connectivity index (χ0n) is 15.0. The number of rotatable bonds is 6. The van der Waals surface area contributed by atoms with Crippen molar-refractivity contribution in [3.63, 3.8) is 0 Å². The molecule has 0 aliphatic heterocycles. The van der Waals surface area contributed by atoms with E-state index in [-0.39, 0.29) is 6.10 Å². The van der Waals surface area contributed by atoms with Gasteiger partial charge in [0.05, 0.1) is 12.9 Å². The first-order valence-electron chi connectivity index (χ1n) is 8.89. The lowest BCUT2D eigenvalue weighted by molar-refractivity contribution is 0.0668. The first kappa shape index (κ1) is 18.8. The lowest BCUT2D eigenvalue weighted by Gasteiger charge is -2.20. The first-order valence-corrected chi connectivity index (χ1v) is 9.65. The molecule has 3 aromatic carbocycles. The zero-order chi connectivity index (χ0) is 19.3. The number of ether oxygens (including phenoxy) is 1. The summed E-state index contributed by atoms with van der Waals surface area (Å²) in [6.45, 7) is 0.388. The molecule has 1 unspecified atom stereocenters. The Labute approximate surface area is 174 Å². The Hall–Kier alpha value is -2.59. The van der Waals surface area contributed by atoms with E-state index in [1.165, 1.54) is 0 Å². The molecule has 28 heavy (non-hydrogen) atoms. The number of aromatic nitrogens is 2. The second kappa shape index (κ2) is 8.61. The molecule has 140 valence electrons. The van der Waals surface area contributed by atoms with Crippen LogP contribution in [0.5, 0.6) is 0 Å². The van der Waals surface area contributed by atoms with Crippen molar-refractivity contribution in [3.8, 4) is 5.69 Å². The average Bonchev–Trinajstić information content (AvgIpc) is 3.26. The van der Waals surface area contributed by atoms with Crippen molar-refractivity contribution in [1.29, 1.82) is 0 Å². The average molecular weight is 409 g/mol. The maximum Gasteiger partial charge on any atom is 0.108 e. The minimum Gasteiger partial charge on any atom is -0.364 e. The molecule has 0 aliphatic rings. The highest BCUT2D eigenvalue weighted by Crippen LogP contribution is 2.30. The van der Waals surface area contributed by atoms with Gasteiger partial charge >= 0.3 is 0 Å². The third-order valence-corrected chi connectivity index (χ3v) is 5.11. The predicted molar refractivity (Wildman–Crippen MR) is 113 cm³/mol. The van der Waals surface area contributed by atoms with Crippen LogP contribution in [0.2, 0.25) is 10.0 Å². The summed E-state index contributed by atoms with van der Waals surface area (Å²) in [7, 11) is 0. The largest absolute Gasteiger partial charge is 0.364 e. The van der Waals surface area contributed by atoms with Gasteiger partial charge in [0.15, 0.2) is 0 Å². The number of nitrogens with zero attached hydrogens (tertiary/aromatic N) is 2. The molecular formula is C23H18Cl2N2O. The smallest absolute Gasteiger partial charge is 0.108 e. The fourth-order valence-electron chi connectivity index (χ4n) is 3.06. The monoisotopic (exact) mass is 408 g/mol. The van der Waals surface area contributed by atoms with Crippen LogP contribution in [-0.4, -0.2) is 9.55 Å². The van der Waals surface area contributed by atoms with Crippen molar-refractivity contribution in [1.82, 2.24) is 9.55 Å². The van der Waals surface area contributed by atoms with Gasteiger partial charge in [0.2, 0.25) is 0 Å². The lowest BCUT2D eigenvalue weighted by Crippen LogP contribution is -2.07. The summed E-state index contributed by atoms with van der Waals surface area (Å²) >= 11 is 12.3. The second-order valence-corrected chi connectivity index (χ2v) is 7.24. The number of imidazole rings is 1. The Morgan fingerprint density at radius 3 is 2.32 bits per heavy atom. The lowest BCUT2D eigenvalue weighted by atomic mass is 10.0. The minimum atomic E-state index is -0.204. The minimum absolute atomic E-state index is 0.204. The molecule has 4 aromatic rings. The van der Waals surface area contributed by atoms with E-state index in [1.54, 1.807) is 18.6 Å². The number of halogens is 2. The van der Waals surface area contributed by atoms with Gasteiger partial charge in [0.1, 0.15) is 6.10 Å². The molecular weight excluding hydrogens is 391 g/mol. The first-order chi connectivity index (χ1) is 13.7. The van der Waals surface area contributed by atoms with Crippen molar-refractivity contribution in [2.75, 3.05) is 0 Å². The molecule has 0 radical (unpaired) electrons. The summed E-state index contributed by atoms with van der Waals surface area (Å²) in [4.78, 5) is 4.10. The summed E-state index contributed by atoms with van der Waals surface area (Å²) in [5.74, 6) is 0. The molecule has 0 fully saturated rings. The van der Waals surface area contributed by atoms with Gasteiger partial charge in [0.25, 0.3) is 0 Å². The maximum absolute atomic E-state index is 6.31. The van der Waals surface area contributed by atoms with Crippen molar-refractivity contribution in [2.24, 2.45) is 0 Å². The van der Waals surface area contributed by atoms with Crippen molar-refractivity contribution < 1.29 is 4.74 Å². The van der Waals surface area contributed by atoms with Crippen LogP contribution in [0, 0.1) is 0 Å². The van der Waals surface area contributed by atoms with Gasteiger partial charge < -0.3 is 9.30 Å². The van der Waals surface area contributed by atoms with E-state index < -0.39 is 0 Å². The molecule has 1 heterocycles. The Bertz CT molecular complexity index is 1030. The van der Waals surface area contributed by atoms with Gasteiger partial charge in [0, 0.05) is 28.1 Å². The van der Waals surface area contributed by atoms with E-state index in [1.807, 2.05) is 41.1 Å². The Morgan fingerprint density at radius 1 is 0.893 bits per heavy atom. The van der Waals surface area contributed by atoms with Crippen molar-refractivity contribution >= 4 is 23.2 Å². The van der Waals surface area contributed by atoms with Gasteiger partial charge in [-0.3, -0.25) is 0 Å². The van der Waals surface area contributed by atoms with Crippen LogP contribution >= 0.6 is 23.2 Å². The van der Waals surface area contributed by atoms with E-state index >= 15 is 0 Å². The molecule has 1 atom stereocenters. The molecule has 0 saturated carbocycles. The molecule has 3 nitrogen and oxygen atoms in total. The van der Waals surface area contributed by atoms with Crippen molar-refractivity contribution in [3.05, 3.63) is 118 Å². The fourth-order valence-corrected chi connectivity index (χ4v) is 3.52. The highest BCUT2D eigenvalue weighted by atomic mass is 35.5. The topological polar surface area (TPSA) is 27.1 Å². The summed E-state index contributed by atoms with van der Waals surface area (Å²) in [5, 5.41) is 1.22. The molecule has 0 saturated heterocycles. The predicted octanol–water partition coefficient (Wildman–Crippen LogP) is 6.49. The molecule has 4 rings (SSSR count). The van der Waals surface area contributed by atoms with E-state index in [4.69, 9.17) is 27.9 Å². The summed E-state index contributed by atoms with van der Waals surface area (Å²) < 4.78 is 8.27. The Balaban J connectivity index is 1.60. The van der Waals surface area contributed by atoms with Crippen LogP contribution in [0.15, 0.2) is 91.5 Å². The Kier molecular flexibility index (Phi) is 5.77. The van der Waals surface area contributed by atoms with Gasteiger partial charge in [-0.1, -0.05) is 71.7 Å². The normalized spacial score (nSPS) is 12.1. The van der Waals surface area contributed by atoms with Crippen LogP contribution < -0.4 is 0 Å². The third kappa shape index (κ3) is 4.28. The van der Waals surface area contributed by atoms with Gasteiger partial charge in [-0.2, -0.15) is 0 Å². The number of benzene rings is 3. The highest BCUT2D eigenvalue weighted by Gasteiger charge is 2.16. The van der Waals surface area contributed by atoms with Gasteiger partial charge in [-0.25, -0.2) is 4.98 Å². The SMILES string of the molecule is Clc1ccc(COC(c2ccccc2)c2ccc(-n3ccnc3)cc2)c(Cl)c1. The van der Waals surface area contributed by atoms with Crippen molar-refractivity contribution in [2.45, 2.75) is 12.7 Å². The van der Waals surface area contributed by atoms with Gasteiger partial charge in [-0.15, -0.1) is 0 Å². The summed E-state index contributed by atoms with van der Waals surface area (Å²) in [6.07, 6.45) is 5.26. The Morgan fingerprint density at radius 2 is 1.64 bits per heavy atom. The van der Waals surface area contributed by atoms with Crippen LogP contribution in [0.3, 0.4) is 0 Å². The van der Waals surface area contributed by atoms with Crippen LogP contribution in [0.25, 0.3) is 5.69 Å². The van der Waals surface area contributed by atoms with Crippen LogP contribution in [-0.2, 0) is 11.3 Å². The fraction of sp³-hybridized carbons (Fsp3) is 0.0870. The maximum atomic E-state index is 6.31. The molecule has 1 aromatic heterocycles. The van der Waals surface area contributed by atoms with Crippen LogP contribution in [0.1, 0.15) is 22.8 Å². The number of hydrogen-bond acceptors (Lipinski definition) is 2. The van der Waals surface area contributed by atoms with Crippen LogP contribution in [0.4, 0.5) is 0 Å². The molecule has 5 heteroatoms. The zero-order valence-corrected chi connectivity index (χ0v) is 16.5. The van der Waals surface area contributed by atoms with E-state index in [9.17, 15) is 0 Å². The molecule has 0 N–H and O–H groups in total. The molecule has 0 aliphatic carbocycles. The molecule has 0 bridgehead atoms. The second-order valence-electron chi connectivity index (χ2n) is 6.40. The van der Waals surface area contributed by atoms with E-state index in [2.05, 4.69) is 41.4 Å². The summed E-state index contributed by atoms with van der Waals surface area (Å²) in [6, 6.07) is 23.9. The quantitative estimate of drug-likeness (QED) is 0.364. The third-order valence-electron chi connectivity index (χ3n) is 4.52. The van der Waals surface area contributed by atoms with E-state index in [0.29, 0.717) is 16.7 Å².